The van der Waals surface area contributed by atoms with E-state index < -0.39 is 60.6 Å². The van der Waals surface area contributed by atoms with Crippen molar-refractivity contribution in [3.8, 4) is 6.07 Å². The van der Waals surface area contributed by atoms with Crippen LogP contribution in [-0.2, 0) is 9.59 Å². The number of rotatable bonds is 7. The van der Waals surface area contributed by atoms with Crippen molar-refractivity contribution in [2.24, 2.45) is 0 Å². The van der Waals surface area contributed by atoms with Crippen molar-refractivity contribution in [1.29, 1.82) is 5.26 Å². The molecule has 2 N–H and O–H groups in total. The Labute approximate surface area is 243 Å². The highest BCUT2D eigenvalue weighted by molar-refractivity contribution is 6.31. The first kappa shape index (κ1) is 28.9. The molecule has 0 radical (unpaired) electrons. The maximum absolute atomic E-state index is 14.6. The molecule has 1 aliphatic carbocycles. The molecule has 1 saturated heterocycles. The summed E-state index contributed by atoms with van der Waals surface area (Å²) in [5, 5.41) is 14.7. The van der Waals surface area contributed by atoms with Crippen molar-refractivity contribution >= 4 is 41.0 Å². The molecule has 0 unspecified atom stereocenters. The predicted molar refractivity (Wildman–Crippen MR) is 147 cm³/mol. The molecule has 2 heterocycles. The lowest BCUT2D eigenvalue weighted by Crippen LogP contribution is -2.61. The smallest absolute Gasteiger partial charge is 0.323 e. The van der Waals surface area contributed by atoms with Gasteiger partial charge >= 0.3 is 6.03 Å². The second-order valence-electron chi connectivity index (χ2n) is 10.0. The summed E-state index contributed by atoms with van der Waals surface area (Å²) in [6.45, 7) is 0.0980. The number of carbonyl (C=O) groups excluding carboxylic acids is 3. The summed E-state index contributed by atoms with van der Waals surface area (Å²) in [5.41, 5.74) is 0.331. The molecule has 0 bridgehead atoms. The van der Waals surface area contributed by atoms with Gasteiger partial charge in [-0.25, -0.2) is 22.9 Å². The van der Waals surface area contributed by atoms with E-state index in [0.717, 1.165) is 21.9 Å². The Bertz CT molecular complexity index is 1570. The van der Waals surface area contributed by atoms with Gasteiger partial charge in [-0.2, -0.15) is 5.26 Å². The summed E-state index contributed by atoms with van der Waals surface area (Å²) in [4.78, 5) is 47.8. The molecule has 1 aliphatic heterocycles. The van der Waals surface area contributed by atoms with Gasteiger partial charge in [0.25, 0.3) is 11.8 Å². The molecule has 9 nitrogen and oxygen atoms in total. The normalized spacial score (nSPS) is 18.7. The van der Waals surface area contributed by atoms with Gasteiger partial charge in [0, 0.05) is 47.9 Å². The first-order valence-electron chi connectivity index (χ1n) is 13.0. The van der Waals surface area contributed by atoms with E-state index in [2.05, 4.69) is 15.6 Å². The first-order valence-corrected chi connectivity index (χ1v) is 13.4. The number of hydrogen-bond donors (Lipinski definition) is 2. The third-order valence-corrected chi connectivity index (χ3v) is 7.44. The Morgan fingerprint density at radius 1 is 1.17 bits per heavy atom. The number of amides is 4. The lowest BCUT2D eigenvalue weighted by atomic mass is 9.87. The van der Waals surface area contributed by atoms with Crippen LogP contribution in [0, 0.1) is 17.1 Å². The van der Waals surface area contributed by atoms with Crippen LogP contribution in [0.5, 0.6) is 0 Å². The number of benzene rings is 2. The standard InChI is InChI=1S/C29H24ClF3N6O3/c30-22-7-2-1-6-21(22)25(26(40)37-19-14-29(32,33)15-19)38(20-5-3-4-18(31)13-20)27(41)23-9-11-36-28(42)39(23)24-12-17(16-34)8-10-35-24/h1-8,10,12-13,19,23,25H,9,11,14-15H2,(H,36,42)(H,37,40)/t23-,25-/m0/s1. The van der Waals surface area contributed by atoms with Crippen LogP contribution in [0.2, 0.25) is 5.02 Å². The highest BCUT2D eigenvalue weighted by atomic mass is 35.5. The minimum atomic E-state index is -2.92. The minimum Gasteiger partial charge on any atom is -0.351 e. The quantitative estimate of drug-likeness (QED) is 0.409. The fourth-order valence-corrected chi connectivity index (χ4v) is 5.36. The molecule has 13 heteroatoms. The Balaban J connectivity index is 1.62. The Morgan fingerprint density at radius 3 is 2.62 bits per heavy atom. The molecule has 2 fully saturated rings. The SMILES string of the molecule is N#Cc1ccnc(N2C(=O)NCC[C@H]2C(=O)N(c2cccc(F)c2)[C@H](C(=O)NC2CC(F)(F)C2)c2ccccc2Cl)c1. The minimum absolute atomic E-state index is 0.0132. The first-order chi connectivity index (χ1) is 20.1. The van der Waals surface area contributed by atoms with Crippen LogP contribution in [0.15, 0.2) is 66.9 Å². The van der Waals surface area contributed by atoms with Crippen LogP contribution in [-0.4, -0.2) is 47.4 Å². The second-order valence-corrected chi connectivity index (χ2v) is 10.4. The molecule has 4 amide bonds. The van der Waals surface area contributed by atoms with E-state index in [1.807, 2.05) is 6.07 Å². The number of nitrogens with zero attached hydrogens (tertiary/aromatic N) is 4. The second kappa shape index (κ2) is 11.7. The van der Waals surface area contributed by atoms with E-state index in [1.54, 1.807) is 12.1 Å². The molecule has 216 valence electrons. The van der Waals surface area contributed by atoms with E-state index in [1.165, 1.54) is 42.6 Å². The average Bonchev–Trinajstić information content (AvgIpc) is 2.95. The van der Waals surface area contributed by atoms with Gasteiger partial charge in [0.1, 0.15) is 23.7 Å². The van der Waals surface area contributed by atoms with Crippen LogP contribution in [0.4, 0.5) is 29.5 Å². The molecule has 1 saturated carbocycles. The van der Waals surface area contributed by atoms with Crippen molar-refractivity contribution in [3.63, 3.8) is 0 Å². The molecule has 2 atom stereocenters. The van der Waals surface area contributed by atoms with E-state index in [0.29, 0.717) is 0 Å². The molecule has 5 rings (SSSR count). The fraction of sp³-hybridized carbons (Fsp3) is 0.276. The Kier molecular flexibility index (Phi) is 8.04. The summed E-state index contributed by atoms with van der Waals surface area (Å²) in [6.07, 6.45) is 0.245. The van der Waals surface area contributed by atoms with Gasteiger partial charge in [-0.15, -0.1) is 0 Å². The van der Waals surface area contributed by atoms with E-state index in [4.69, 9.17) is 11.6 Å². The van der Waals surface area contributed by atoms with Crippen LogP contribution in [0.1, 0.15) is 36.4 Å². The van der Waals surface area contributed by atoms with Crippen molar-refractivity contribution in [3.05, 3.63) is 88.8 Å². The zero-order valence-corrected chi connectivity index (χ0v) is 22.7. The number of halogens is 4. The van der Waals surface area contributed by atoms with Gasteiger partial charge in [-0.05, 0) is 42.8 Å². The Hall–Kier alpha value is -4.63. The van der Waals surface area contributed by atoms with Gasteiger partial charge in [0.05, 0.1) is 11.6 Å². The van der Waals surface area contributed by atoms with E-state index in [-0.39, 0.29) is 40.6 Å². The largest absolute Gasteiger partial charge is 0.351 e. The highest BCUT2D eigenvalue weighted by Crippen LogP contribution is 2.39. The average molecular weight is 597 g/mol. The summed E-state index contributed by atoms with van der Waals surface area (Å²) in [7, 11) is 0. The van der Waals surface area contributed by atoms with Crippen LogP contribution >= 0.6 is 11.6 Å². The third kappa shape index (κ3) is 5.87. The molecule has 2 aliphatic rings. The number of hydrogen-bond acceptors (Lipinski definition) is 5. The predicted octanol–water partition coefficient (Wildman–Crippen LogP) is 4.72. The number of carbonyl (C=O) groups is 3. The van der Waals surface area contributed by atoms with Gasteiger partial charge < -0.3 is 10.6 Å². The fourth-order valence-electron chi connectivity index (χ4n) is 5.12. The van der Waals surface area contributed by atoms with Crippen molar-refractivity contribution in [2.75, 3.05) is 16.3 Å². The van der Waals surface area contributed by atoms with Gasteiger partial charge in [0.2, 0.25) is 5.91 Å². The molecular weight excluding hydrogens is 573 g/mol. The maximum Gasteiger partial charge on any atom is 0.323 e. The lowest BCUT2D eigenvalue weighted by molar-refractivity contribution is -0.133. The maximum atomic E-state index is 14.6. The molecule has 42 heavy (non-hydrogen) atoms. The number of alkyl halides is 2. The van der Waals surface area contributed by atoms with Crippen molar-refractivity contribution < 1.29 is 27.6 Å². The monoisotopic (exact) mass is 596 g/mol. The number of aromatic nitrogens is 1. The highest BCUT2D eigenvalue weighted by Gasteiger charge is 2.48. The number of nitrogens with one attached hydrogen (secondary N) is 2. The number of nitriles is 1. The number of urea groups is 1. The van der Waals surface area contributed by atoms with E-state index in [9.17, 15) is 32.8 Å². The zero-order chi connectivity index (χ0) is 30.0. The lowest BCUT2D eigenvalue weighted by Gasteiger charge is -2.41. The van der Waals surface area contributed by atoms with Crippen molar-refractivity contribution in [1.82, 2.24) is 15.6 Å². The number of pyridine rings is 1. The van der Waals surface area contributed by atoms with Gasteiger partial charge in [-0.3, -0.25) is 19.4 Å². The van der Waals surface area contributed by atoms with Crippen LogP contribution in [0.25, 0.3) is 0 Å². The third-order valence-electron chi connectivity index (χ3n) is 7.10. The van der Waals surface area contributed by atoms with E-state index >= 15 is 0 Å². The van der Waals surface area contributed by atoms with Crippen LogP contribution < -0.4 is 20.4 Å². The summed E-state index contributed by atoms with van der Waals surface area (Å²) in [6, 6.07) is 11.6. The molecule has 3 aromatic rings. The molecule has 0 spiro atoms. The molecular formula is C29H24ClF3N6O3. The summed E-state index contributed by atoms with van der Waals surface area (Å²) >= 11 is 6.50. The van der Waals surface area contributed by atoms with Crippen molar-refractivity contribution in [2.45, 2.75) is 43.3 Å². The summed E-state index contributed by atoms with van der Waals surface area (Å²) in [5.74, 6) is -5.20. The van der Waals surface area contributed by atoms with Gasteiger partial charge in [-0.1, -0.05) is 35.9 Å². The number of anilines is 2. The Morgan fingerprint density at radius 2 is 1.93 bits per heavy atom. The summed E-state index contributed by atoms with van der Waals surface area (Å²) < 4.78 is 41.8. The van der Waals surface area contributed by atoms with Crippen LogP contribution in [0.3, 0.4) is 0 Å². The molecule has 2 aromatic carbocycles. The molecule has 1 aromatic heterocycles. The topological polar surface area (TPSA) is 118 Å². The van der Waals surface area contributed by atoms with Gasteiger partial charge in [0.15, 0.2) is 0 Å². The zero-order valence-electron chi connectivity index (χ0n) is 21.9.